The van der Waals surface area contributed by atoms with Crippen molar-refractivity contribution in [3.05, 3.63) is 0 Å². The molecule has 0 saturated carbocycles. The van der Waals surface area contributed by atoms with E-state index in [1.807, 2.05) is 13.8 Å². The van der Waals surface area contributed by atoms with E-state index in [-0.39, 0.29) is 0 Å². The van der Waals surface area contributed by atoms with E-state index in [0.717, 1.165) is 25.0 Å². The Balaban J connectivity index is 3.63. The van der Waals surface area contributed by atoms with Crippen LogP contribution in [0.5, 0.6) is 0 Å². The maximum absolute atomic E-state index is 8.51. The molecule has 0 radical (unpaired) electrons. The average molecular weight is 143 g/mol. The van der Waals surface area contributed by atoms with Crippen LogP contribution < -0.4 is 0 Å². The maximum atomic E-state index is 8.51. The molecular weight excluding hydrogens is 126 g/mol. The van der Waals surface area contributed by atoms with E-state index in [2.05, 4.69) is 12.1 Å². The minimum atomic E-state index is 0.386. The monoisotopic (exact) mass is 143 g/mol. The summed E-state index contributed by atoms with van der Waals surface area (Å²) in [6, 6.07) is 0. The summed E-state index contributed by atoms with van der Waals surface area (Å²) in [6.07, 6.45) is 3.22. The minimum absolute atomic E-state index is 0.386. The van der Waals surface area contributed by atoms with Gasteiger partial charge in [-0.05, 0) is 18.8 Å². The summed E-state index contributed by atoms with van der Waals surface area (Å²) < 4.78 is 0. The Morgan fingerprint density at radius 3 is 2.40 bits per heavy atom. The molecule has 0 unspecified atom stereocenters. The highest BCUT2D eigenvalue weighted by Gasteiger charge is 2.03. The van der Waals surface area contributed by atoms with Crippen LogP contribution in [-0.2, 0) is 0 Å². The van der Waals surface area contributed by atoms with Crippen molar-refractivity contribution in [3.8, 4) is 0 Å². The molecule has 10 heavy (non-hydrogen) atoms. The van der Waals surface area contributed by atoms with Crippen LogP contribution in [0.1, 0.15) is 40.0 Å². The van der Waals surface area contributed by atoms with E-state index < -0.39 is 0 Å². The van der Waals surface area contributed by atoms with Gasteiger partial charge in [0.15, 0.2) is 0 Å². The van der Waals surface area contributed by atoms with Gasteiger partial charge in [-0.2, -0.15) is 0 Å². The second-order valence-corrected chi connectivity index (χ2v) is 2.85. The highest BCUT2D eigenvalue weighted by atomic mass is 16.4. The summed E-state index contributed by atoms with van der Waals surface area (Å²) in [5.41, 5.74) is 0.918. The first kappa shape index (κ1) is 9.47. The van der Waals surface area contributed by atoms with Gasteiger partial charge < -0.3 is 5.21 Å². The number of rotatable bonds is 4. The fraction of sp³-hybridized carbons (Fsp3) is 0.875. The van der Waals surface area contributed by atoms with Crippen LogP contribution in [0, 0.1) is 5.92 Å². The summed E-state index contributed by atoms with van der Waals surface area (Å²) in [5, 5.41) is 11.8. The second kappa shape index (κ2) is 5.27. The third kappa shape index (κ3) is 3.49. The highest BCUT2D eigenvalue weighted by Crippen LogP contribution is 2.05. The smallest absolute Gasteiger partial charge is 0.0596 e. The van der Waals surface area contributed by atoms with Gasteiger partial charge in [-0.1, -0.05) is 32.3 Å². The van der Waals surface area contributed by atoms with Crippen molar-refractivity contribution in [1.82, 2.24) is 0 Å². The Hall–Kier alpha value is -0.530. The molecule has 0 aromatic carbocycles. The molecule has 0 aliphatic rings. The summed E-state index contributed by atoms with van der Waals surface area (Å²) in [5.74, 6) is 0.386. The van der Waals surface area contributed by atoms with E-state index in [1.54, 1.807) is 0 Å². The third-order valence-electron chi connectivity index (χ3n) is 1.58. The van der Waals surface area contributed by atoms with Gasteiger partial charge in [0.05, 0.1) is 5.71 Å². The van der Waals surface area contributed by atoms with E-state index in [1.165, 1.54) is 0 Å². The van der Waals surface area contributed by atoms with E-state index in [0.29, 0.717) is 5.92 Å². The first-order valence-corrected chi connectivity index (χ1v) is 3.93. The lowest BCUT2D eigenvalue weighted by Gasteiger charge is -2.05. The van der Waals surface area contributed by atoms with Gasteiger partial charge in [0, 0.05) is 0 Å². The largest absolute Gasteiger partial charge is 0.411 e. The fourth-order valence-electron chi connectivity index (χ4n) is 0.812. The Morgan fingerprint density at radius 1 is 1.50 bits per heavy atom. The zero-order chi connectivity index (χ0) is 7.98. The zero-order valence-corrected chi connectivity index (χ0v) is 7.09. The van der Waals surface area contributed by atoms with Crippen LogP contribution in [-0.4, -0.2) is 10.9 Å². The lowest BCUT2D eigenvalue weighted by atomic mass is 10.0. The van der Waals surface area contributed by atoms with Gasteiger partial charge in [0.1, 0.15) is 0 Å². The molecule has 0 amide bonds. The SMILES string of the molecule is CCCC/C(=N\O)C(C)C. The van der Waals surface area contributed by atoms with Crippen molar-refractivity contribution in [2.45, 2.75) is 40.0 Å². The predicted molar refractivity (Wildman–Crippen MR) is 43.6 cm³/mol. The first-order chi connectivity index (χ1) is 4.72. The molecule has 60 valence electrons. The summed E-state index contributed by atoms with van der Waals surface area (Å²) in [7, 11) is 0. The normalized spacial score (nSPS) is 12.6. The summed E-state index contributed by atoms with van der Waals surface area (Å²) in [6.45, 7) is 6.23. The molecule has 0 fully saturated rings. The molecule has 1 N–H and O–H groups in total. The Kier molecular flexibility index (Phi) is 4.99. The Morgan fingerprint density at radius 2 is 2.10 bits per heavy atom. The van der Waals surface area contributed by atoms with Crippen LogP contribution >= 0.6 is 0 Å². The van der Waals surface area contributed by atoms with E-state index in [9.17, 15) is 0 Å². The van der Waals surface area contributed by atoms with Gasteiger partial charge >= 0.3 is 0 Å². The molecule has 0 atom stereocenters. The van der Waals surface area contributed by atoms with E-state index >= 15 is 0 Å². The molecule has 0 spiro atoms. The zero-order valence-electron chi connectivity index (χ0n) is 7.09. The predicted octanol–water partition coefficient (Wildman–Crippen LogP) is 2.66. The van der Waals surface area contributed by atoms with Crippen LogP contribution in [0.2, 0.25) is 0 Å². The molecule has 0 heterocycles. The third-order valence-corrected chi connectivity index (χ3v) is 1.58. The number of nitrogens with zero attached hydrogens (tertiary/aromatic N) is 1. The van der Waals surface area contributed by atoms with Gasteiger partial charge in [-0.3, -0.25) is 0 Å². The second-order valence-electron chi connectivity index (χ2n) is 2.85. The number of hydrogen-bond acceptors (Lipinski definition) is 2. The molecule has 0 saturated heterocycles. The van der Waals surface area contributed by atoms with Gasteiger partial charge in [0.2, 0.25) is 0 Å². The molecule has 0 bridgehead atoms. The molecule has 0 aromatic heterocycles. The van der Waals surface area contributed by atoms with Crippen LogP contribution in [0.4, 0.5) is 0 Å². The van der Waals surface area contributed by atoms with Gasteiger partial charge in [-0.15, -0.1) is 0 Å². The average Bonchev–Trinajstić information content (AvgIpc) is 1.89. The van der Waals surface area contributed by atoms with Crippen molar-refractivity contribution < 1.29 is 5.21 Å². The molecule has 0 aromatic rings. The van der Waals surface area contributed by atoms with Crippen LogP contribution in [0.3, 0.4) is 0 Å². The standard InChI is InChI=1S/C8H17NO/c1-4-5-6-8(9-10)7(2)3/h7,10H,4-6H2,1-3H3/b9-8+. The van der Waals surface area contributed by atoms with Crippen molar-refractivity contribution >= 4 is 5.71 Å². The fourth-order valence-corrected chi connectivity index (χ4v) is 0.812. The maximum Gasteiger partial charge on any atom is 0.0596 e. The van der Waals surface area contributed by atoms with Crippen molar-refractivity contribution in [2.75, 3.05) is 0 Å². The molecule has 0 rings (SSSR count). The summed E-state index contributed by atoms with van der Waals surface area (Å²) in [4.78, 5) is 0. The number of unbranched alkanes of at least 4 members (excludes halogenated alkanes) is 1. The lowest BCUT2D eigenvalue weighted by Crippen LogP contribution is -2.06. The number of hydrogen-bond donors (Lipinski definition) is 1. The van der Waals surface area contributed by atoms with Crippen molar-refractivity contribution in [3.63, 3.8) is 0 Å². The quantitative estimate of drug-likeness (QED) is 0.366. The number of oxime groups is 1. The highest BCUT2D eigenvalue weighted by molar-refractivity contribution is 5.85. The first-order valence-electron chi connectivity index (χ1n) is 3.93. The molecule has 2 heteroatoms. The van der Waals surface area contributed by atoms with Gasteiger partial charge in [-0.25, -0.2) is 0 Å². The molecule has 0 aliphatic heterocycles. The summed E-state index contributed by atoms with van der Waals surface area (Å²) >= 11 is 0. The Labute approximate surface area is 62.9 Å². The minimum Gasteiger partial charge on any atom is -0.411 e. The van der Waals surface area contributed by atoms with Crippen LogP contribution in [0.25, 0.3) is 0 Å². The van der Waals surface area contributed by atoms with E-state index in [4.69, 9.17) is 5.21 Å². The molecule has 0 aliphatic carbocycles. The molecular formula is C8H17NO. The van der Waals surface area contributed by atoms with Crippen LogP contribution in [0.15, 0.2) is 5.16 Å². The van der Waals surface area contributed by atoms with Gasteiger partial charge in [0.25, 0.3) is 0 Å². The van der Waals surface area contributed by atoms with Crippen molar-refractivity contribution in [2.24, 2.45) is 11.1 Å². The molecule has 2 nitrogen and oxygen atoms in total. The van der Waals surface area contributed by atoms with Crippen molar-refractivity contribution in [1.29, 1.82) is 0 Å². The Bertz CT molecular complexity index is 108. The topological polar surface area (TPSA) is 32.6 Å². The lowest BCUT2D eigenvalue weighted by molar-refractivity contribution is 0.314.